The van der Waals surface area contributed by atoms with Crippen LogP contribution < -0.4 is 15.0 Å². The van der Waals surface area contributed by atoms with Crippen molar-refractivity contribution in [2.45, 2.75) is 151 Å². The van der Waals surface area contributed by atoms with Gasteiger partial charge in [-0.05, 0) is 95.6 Å². The van der Waals surface area contributed by atoms with Gasteiger partial charge in [0.1, 0.15) is 40.3 Å². The molecule has 8 atom stereocenters. The lowest BCUT2D eigenvalue weighted by Gasteiger charge is -2.59. The molecule has 394 valence electrons. The Bertz CT molecular complexity index is 2350. The van der Waals surface area contributed by atoms with Crippen LogP contribution in [0.4, 0.5) is 10.5 Å². The number of aliphatic hydroxyl groups is 1. The number of amides is 6. The minimum Gasteiger partial charge on any atom is -0.495 e. The molecule has 1 aromatic rings. The molecule has 72 heavy (non-hydrogen) atoms. The average Bonchev–Trinajstić information content (AvgIpc) is 3.78. The number of alkyl carbamates (subject to hydrolysis) is 1. The summed E-state index contributed by atoms with van der Waals surface area (Å²) in [6, 6.07) is 3.56. The van der Waals surface area contributed by atoms with Gasteiger partial charge in [0.05, 0.1) is 30.4 Å². The van der Waals surface area contributed by atoms with Crippen molar-refractivity contribution in [1.82, 2.24) is 15.3 Å². The number of carbonyl (C=O) groups excluding carboxylic acids is 8. The van der Waals surface area contributed by atoms with Crippen molar-refractivity contribution in [3.8, 4) is 5.75 Å². The molecule has 1 aliphatic carbocycles. The first-order valence-corrected chi connectivity index (χ1v) is 25.8. The van der Waals surface area contributed by atoms with E-state index in [4.69, 9.17) is 44.9 Å². The monoisotopic (exact) mass is 1040 g/mol. The molecule has 0 spiro atoms. The van der Waals surface area contributed by atoms with Gasteiger partial charge in [0.2, 0.25) is 17.7 Å². The number of thioether (sulfide) groups is 1. The summed E-state index contributed by atoms with van der Waals surface area (Å²) in [5.41, 5.74) is -2.32. The smallest absolute Gasteiger partial charge is 0.409 e. The molecule has 6 aliphatic heterocycles. The number of ether oxygens (including phenoxy) is 6. The Morgan fingerprint density at radius 2 is 1.68 bits per heavy atom. The molecule has 3 unspecified atom stereocenters. The molecule has 5 fully saturated rings. The molecule has 20 nitrogen and oxygen atoms in total. The number of allylic oxidation sites excluding steroid dienone is 3. The molecule has 4 saturated heterocycles. The summed E-state index contributed by atoms with van der Waals surface area (Å²) in [7, 11) is 4.45. The molecule has 7 aliphatic rings. The summed E-state index contributed by atoms with van der Waals surface area (Å²) in [6.45, 7) is 7.19. The third-order valence-electron chi connectivity index (χ3n) is 14.4. The molecule has 2 N–H and O–H groups in total. The fourth-order valence-electron chi connectivity index (χ4n) is 10.4. The second-order valence-electron chi connectivity index (χ2n) is 20.0. The van der Waals surface area contributed by atoms with Gasteiger partial charge in [0.25, 0.3) is 11.8 Å². The fourth-order valence-corrected chi connectivity index (χ4v) is 11.8. The number of likely N-dealkylation sites (tertiary alicyclic amines) is 1. The molecule has 1 saturated carbocycles. The minimum absolute atomic E-state index is 0.00481. The first kappa shape index (κ1) is 54.7. The number of carbonyl (C=O) groups is 8. The number of benzene rings is 1. The Hall–Kier alpha value is -5.06. The van der Waals surface area contributed by atoms with Crippen LogP contribution in [-0.4, -0.2) is 149 Å². The predicted molar refractivity (Wildman–Crippen MR) is 259 cm³/mol. The molecular formula is C50H65ClN4O16S. The van der Waals surface area contributed by atoms with Crippen LogP contribution in [0, 0.1) is 11.8 Å². The number of hydrogen-bond acceptors (Lipinski definition) is 17. The van der Waals surface area contributed by atoms with E-state index in [0.717, 1.165) is 11.1 Å². The number of anilines is 1. The van der Waals surface area contributed by atoms with Crippen molar-refractivity contribution in [1.29, 1.82) is 0 Å². The van der Waals surface area contributed by atoms with Gasteiger partial charge in [-0.2, -0.15) is 0 Å². The lowest BCUT2D eigenvalue weighted by atomic mass is 9.72. The van der Waals surface area contributed by atoms with E-state index in [1.54, 1.807) is 45.2 Å². The summed E-state index contributed by atoms with van der Waals surface area (Å²) in [4.78, 5) is 112. The van der Waals surface area contributed by atoms with E-state index in [2.05, 4.69) is 5.32 Å². The van der Waals surface area contributed by atoms with Crippen molar-refractivity contribution >= 4 is 76.6 Å². The molecule has 6 amide bonds. The lowest BCUT2D eigenvalue weighted by molar-refractivity contribution is -0.328. The van der Waals surface area contributed by atoms with Gasteiger partial charge < -0.3 is 43.3 Å². The molecule has 0 aromatic heterocycles. The maximum absolute atomic E-state index is 14.3. The third kappa shape index (κ3) is 12.1. The summed E-state index contributed by atoms with van der Waals surface area (Å²) in [6.07, 6.45) is 2.70. The van der Waals surface area contributed by atoms with Crippen LogP contribution in [0.3, 0.4) is 0 Å². The average molecular weight is 1050 g/mol. The highest BCUT2D eigenvalue weighted by molar-refractivity contribution is 8.00. The van der Waals surface area contributed by atoms with E-state index in [1.807, 2.05) is 13.0 Å². The Kier molecular flexibility index (Phi) is 17.2. The predicted octanol–water partition coefficient (Wildman–Crippen LogP) is 4.88. The fraction of sp³-hybridized carbons (Fsp3) is 0.640. The normalized spacial score (nSPS) is 32.8. The van der Waals surface area contributed by atoms with Gasteiger partial charge in [-0.3, -0.25) is 34.2 Å². The highest BCUT2D eigenvalue weighted by Crippen LogP contribution is 2.51. The summed E-state index contributed by atoms with van der Waals surface area (Å²) in [5, 5.41) is 14.5. The van der Waals surface area contributed by atoms with Crippen LogP contribution in [-0.2, 0) is 68.5 Å². The Morgan fingerprint density at radius 3 is 2.35 bits per heavy atom. The van der Waals surface area contributed by atoms with E-state index >= 15 is 0 Å². The van der Waals surface area contributed by atoms with E-state index in [0.29, 0.717) is 60.8 Å². The molecule has 0 radical (unpaired) electrons. The second kappa shape index (κ2) is 22.6. The quantitative estimate of drug-likeness (QED) is 0.143. The summed E-state index contributed by atoms with van der Waals surface area (Å²) in [5.74, 6) is -3.17. The summed E-state index contributed by atoms with van der Waals surface area (Å²) < 4.78 is 35.5. The van der Waals surface area contributed by atoms with Gasteiger partial charge in [0.15, 0.2) is 11.8 Å². The lowest BCUT2D eigenvalue weighted by Crippen LogP contribution is -2.72. The highest BCUT2D eigenvalue weighted by atomic mass is 35.5. The van der Waals surface area contributed by atoms with Crippen molar-refractivity contribution in [2.24, 2.45) is 11.8 Å². The van der Waals surface area contributed by atoms with E-state index in [1.165, 1.54) is 42.7 Å². The van der Waals surface area contributed by atoms with Crippen molar-refractivity contribution in [2.75, 3.05) is 45.1 Å². The van der Waals surface area contributed by atoms with Crippen molar-refractivity contribution < 1.29 is 76.7 Å². The molecular weight excluding hydrogens is 980 g/mol. The summed E-state index contributed by atoms with van der Waals surface area (Å²) >= 11 is 8.13. The molecule has 6 bridgehead atoms. The van der Waals surface area contributed by atoms with Crippen molar-refractivity contribution in [3.05, 3.63) is 46.5 Å². The third-order valence-corrected chi connectivity index (χ3v) is 16.1. The van der Waals surface area contributed by atoms with Gasteiger partial charge in [0, 0.05) is 59.4 Å². The van der Waals surface area contributed by atoms with Crippen molar-refractivity contribution in [3.63, 3.8) is 0 Å². The molecule has 8 rings (SSSR count). The number of nitrogens with one attached hydrogen (secondary N) is 1. The number of hydrogen-bond donors (Lipinski definition) is 2. The topological polar surface area (TPSA) is 243 Å². The molecule has 22 heteroatoms. The van der Waals surface area contributed by atoms with E-state index in [-0.39, 0.29) is 74.4 Å². The van der Waals surface area contributed by atoms with Gasteiger partial charge >= 0.3 is 18.0 Å². The van der Waals surface area contributed by atoms with Crippen LogP contribution in [0.1, 0.15) is 104 Å². The number of nitrogens with zero attached hydrogens (tertiary/aromatic N) is 3. The maximum atomic E-state index is 14.3. The number of esters is 1. The minimum atomic E-state index is -1.89. The highest BCUT2D eigenvalue weighted by Gasteiger charge is 2.63. The molecule has 6 heterocycles. The number of rotatable bonds is 14. The maximum Gasteiger partial charge on any atom is 0.409 e. The Morgan fingerprint density at radius 1 is 0.986 bits per heavy atom. The Balaban J connectivity index is 0.952. The second-order valence-corrected chi connectivity index (χ2v) is 21.7. The van der Waals surface area contributed by atoms with Gasteiger partial charge in [-0.25, -0.2) is 14.4 Å². The van der Waals surface area contributed by atoms with Crippen LogP contribution in [0.25, 0.3) is 0 Å². The zero-order valence-corrected chi connectivity index (χ0v) is 43.3. The van der Waals surface area contributed by atoms with Crippen LogP contribution >= 0.6 is 23.4 Å². The van der Waals surface area contributed by atoms with Gasteiger partial charge in [-0.15, -0.1) is 16.8 Å². The number of fused-ring (bicyclic) bond motifs is 6. The number of imide groups is 2. The van der Waals surface area contributed by atoms with Gasteiger partial charge in [-0.1, -0.05) is 35.4 Å². The number of halogens is 1. The van der Waals surface area contributed by atoms with Crippen LogP contribution in [0.15, 0.2) is 35.9 Å². The zero-order valence-electron chi connectivity index (χ0n) is 41.7. The first-order chi connectivity index (χ1) is 34.1. The first-order valence-electron chi connectivity index (χ1n) is 24.3. The van der Waals surface area contributed by atoms with E-state index < -0.39 is 88.3 Å². The van der Waals surface area contributed by atoms with Crippen LogP contribution in [0.5, 0.6) is 5.75 Å². The van der Waals surface area contributed by atoms with Crippen LogP contribution in [0.2, 0.25) is 5.02 Å². The molecule has 1 aromatic carbocycles. The number of hydroxylamine groups is 2. The number of methoxy groups -OCH3 is 2. The van der Waals surface area contributed by atoms with E-state index in [9.17, 15) is 43.5 Å². The zero-order chi connectivity index (χ0) is 52.3. The largest absolute Gasteiger partial charge is 0.495 e. The Labute approximate surface area is 427 Å². The standard InChI is InChI=1S/C50H65ClN4O16S/c1-28-10-8-11-36(66-7)50(64)25-38(69-47(63)52-50)49(4)27-48(3,71-49)37(24-41(58)53(5)33-21-31(20-28)22-34(65-6)43(33)51)68-45(61)29(2)67-18-9-19-72-35-23-42(59)54(44(35)60)26-30-12-14-32(15-13-30)46(62)70-55-39(56)16-17-40(55)57/h8,10-11,21-22,29-30,32,35-38,64H,9,12-20,23-27H2,1-7H3,(H,52,63)/b11-8+,28-10+/t29-,30?,32?,35?,36+,37-,38?,48+,49?,50-/m0/s1. The SMILES string of the molecule is COc1cc2cc(c1Cl)N(C)C(=O)C[C@H](OC(=O)[C@H](C)OCCCSC1CC(=O)N(CC3CCC(C(=O)ON4C(=O)CCC4=O)CC3)C1=O)[C@@]1(C)CC(C)(O1)C1C[C@@](O)(NC(=O)O1)[C@H](OC)/C=C/C=C(\C)C2.